The van der Waals surface area contributed by atoms with E-state index >= 15 is 0 Å². The number of ether oxygens (including phenoxy) is 1. The van der Waals surface area contributed by atoms with Crippen molar-refractivity contribution in [2.45, 2.75) is 45.9 Å². The molecule has 0 radical (unpaired) electrons. The van der Waals surface area contributed by atoms with Gasteiger partial charge in [0.05, 0.1) is 17.2 Å². The summed E-state index contributed by atoms with van der Waals surface area (Å²) in [7, 11) is -4.17. The molecule has 1 heterocycles. The van der Waals surface area contributed by atoms with Crippen molar-refractivity contribution in [2.75, 3.05) is 10.9 Å². The van der Waals surface area contributed by atoms with Crippen molar-refractivity contribution in [3.63, 3.8) is 0 Å². The molecule has 3 rings (SSSR count). The molecule has 32 heavy (non-hydrogen) atoms. The minimum Gasteiger partial charge on any atom is -0.462 e. The number of aryl methyl sites for hydroxylation is 1. The number of benzene rings is 2. The van der Waals surface area contributed by atoms with Gasteiger partial charge in [0.2, 0.25) is 5.91 Å². The smallest absolute Gasteiger partial charge is 0.342 e. The molecule has 0 N–H and O–H groups in total. The molecule has 1 amide bonds. The number of hydrogen-bond acceptors (Lipinski definition) is 6. The van der Waals surface area contributed by atoms with Crippen LogP contribution < -0.4 is 4.31 Å². The predicted molar refractivity (Wildman–Crippen MR) is 122 cm³/mol. The monoisotopic (exact) mass is 457 g/mol. The number of hydrogen-bond donors (Lipinski definition) is 0. The first-order chi connectivity index (χ1) is 15.1. The van der Waals surface area contributed by atoms with E-state index in [1.54, 1.807) is 26.0 Å². The molecule has 0 spiro atoms. The van der Waals surface area contributed by atoms with Gasteiger partial charge in [-0.2, -0.15) is 0 Å². The van der Waals surface area contributed by atoms with Gasteiger partial charge in [-0.15, -0.1) is 0 Å². The molecule has 0 unspecified atom stereocenters. The molecule has 0 aliphatic heterocycles. The maximum absolute atomic E-state index is 13.4. The number of sulfonamides is 1. The van der Waals surface area contributed by atoms with Gasteiger partial charge in [-0.3, -0.25) is 4.79 Å². The molecule has 7 nitrogen and oxygen atoms in total. The number of esters is 1. The predicted octanol–water partition coefficient (Wildman–Crippen LogP) is 4.86. The Morgan fingerprint density at radius 1 is 1.09 bits per heavy atom. The molecule has 0 atom stereocenters. The third kappa shape index (κ3) is 4.55. The minimum atomic E-state index is -4.17. The molecular formula is C24H27NO6S. The van der Waals surface area contributed by atoms with Crippen LogP contribution in [-0.4, -0.2) is 26.9 Å². The Morgan fingerprint density at radius 2 is 1.75 bits per heavy atom. The van der Waals surface area contributed by atoms with Crippen molar-refractivity contribution < 1.29 is 27.2 Å². The summed E-state index contributed by atoms with van der Waals surface area (Å²) in [6, 6.07) is 11.0. The quantitative estimate of drug-likeness (QED) is 0.471. The van der Waals surface area contributed by atoms with Crippen molar-refractivity contribution in [3.05, 3.63) is 59.4 Å². The van der Waals surface area contributed by atoms with Gasteiger partial charge >= 0.3 is 5.97 Å². The third-order valence-electron chi connectivity index (χ3n) is 4.95. The molecule has 2 aromatic carbocycles. The van der Waals surface area contributed by atoms with E-state index in [1.807, 2.05) is 0 Å². The summed E-state index contributed by atoms with van der Waals surface area (Å²) in [5.74, 6) is -0.453. The molecule has 0 fully saturated rings. The molecule has 1 aromatic heterocycles. The first-order valence-corrected chi connectivity index (χ1v) is 11.8. The maximum atomic E-state index is 13.4. The normalized spacial score (nSPS) is 11.7. The number of anilines is 1. The van der Waals surface area contributed by atoms with Gasteiger partial charge in [0, 0.05) is 12.3 Å². The third-order valence-corrected chi connectivity index (χ3v) is 6.77. The van der Waals surface area contributed by atoms with Crippen LogP contribution in [-0.2, 0) is 26.0 Å². The lowest BCUT2D eigenvalue weighted by Crippen LogP contribution is -2.35. The topological polar surface area (TPSA) is 93.9 Å². The highest BCUT2D eigenvalue weighted by atomic mass is 32.2. The molecular weight excluding hydrogens is 430 g/mol. The molecule has 0 aliphatic carbocycles. The van der Waals surface area contributed by atoms with E-state index in [0.717, 1.165) is 16.3 Å². The highest BCUT2D eigenvalue weighted by molar-refractivity contribution is 7.93. The van der Waals surface area contributed by atoms with E-state index in [2.05, 4.69) is 13.8 Å². The maximum Gasteiger partial charge on any atom is 0.342 e. The van der Waals surface area contributed by atoms with Crippen LogP contribution in [0, 0.1) is 12.8 Å². The van der Waals surface area contributed by atoms with Crippen molar-refractivity contribution in [2.24, 2.45) is 5.92 Å². The standard InChI is InChI=1S/C24H27NO6S/c1-6-30-24(27)23-16(4)31-22-12-9-19(14-21(22)23)25(17(5)26)32(28,29)20-10-7-18(8-11-20)13-15(2)3/h7-12,14-15H,6,13H2,1-5H3. The molecule has 0 saturated carbocycles. The number of carbonyl (C=O) groups is 2. The van der Waals surface area contributed by atoms with Gasteiger partial charge in [-0.05, 0) is 62.1 Å². The second kappa shape index (κ2) is 9.16. The summed E-state index contributed by atoms with van der Waals surface area (Å²) in [5.41, 5.74) is 1.74. The van der Waals surface area contributed by atoms with E-state index in [4.69, 9.17) is 9.15 Å². The average Bonchev–Trinajstić information content (AvgIpc) is 3.03. The molecule has 8 heteroatoms. The summed E-state index contributed by atoms with van der Waals surface area (Å²) in [5, 5.41) is 0.382. The van der Waals surface area contributed by atoms with E-state index < -0.39 is 21.9 Å². The van der Waals surface area contributed by atoms with Gasteiger partial charge in [0.15, 0.2) is 0 Å². The number of fused-ring (bicyclic) bond motifs is 1. The Bertz CT molecular complexity index is 1260. The van der Waals surface area contributed by atoms with E-state index in [0.29, 0.717) is 22.6 Å². The van der Waals surface area contributed by atoms with Crippen LogP contribution in [0.3, 0.4) is 0 Å². The number of amides is 1. The van der Waals surface area contributed by atoms with Crippen LogP contribution in [0.1, 0.15) is 49.4 Å². The van der Waals surface area contributed by atoms with Crippen LogP contribution in [0.15, 0.2) is 51.8 Å². The minimum absolute atomic E-state index is 0.00861. The lowest BCUT2D eigenvalue weighted by atomic mass is 10.0. The van der Waals surface area contributed by atoms with Crippen LogP contribution in [0.4, 0.5) is 5.69 Å². The van der Waals surface area contributed by atoms with Crippen molar-refractivity contribution >= 4 is 38.6 Å². The van der Waals surface area contributed by atoms with Gasteiger partial charge in [0.25, 0.3) is 10.0 Å². The zero-order valence-electron chi connectivity index (χ0n) is 18.8. The fraction of sp³-hybridized carbons (Fsp3) is 0.333. The Labute approximate surface area is 188 Å². The Balaban J connectivity index is 2.09. The molecule has 0 bridgehead atoms. The first kappa shape index (κ1) is 23.5. The van der Waals surface area contributed by atoms with Crippen molar-refractivity contribution in [1.82, 2.24) is 0 Å². The SMILES string of the molecule is CCOC(=O)c1c(C)oc2ccc(N(C(C)=O)S(=O)(=O)c3ccc(CC(C)C)cc3)cc12. The van der Waals surface area contributed by atoms with Gasteiger partial charge < -0.3 is 9.15 Å². The molecule has 0 aliphatic rings. The highest BCUT2D eigenvalue weighted by Gasteiger charge is 2.30. The number of furan rings is 1. The van der Waals surface area contributed by atoms with Gasteiger partial charge in [-0.1, -0.05) is 26.0 Å². The Morgan fingerprint density at radius 3 is 2.31 bits per heavy atom. The largest absolute Gasteiger partial charge is 0.462 e. The van der Waals surface area contributed by atoms with Crippen molar-refractivity contribution in [3.8, 4) is 0 Å². The summed E-state index contributed by atoms with van der Waals surface area (Å²) in [4.78, 5) is 24.9. The van der Waals surface area contributed by atoms with Crippen LogP contribution in [0.5, 0.6) is 0 Å². The summed E-state index contributed by atoms with van der Waals surface area (Å²) >= 11 is 0. The molecule has 170 valence electrons. The van der Waals surface area contributed by atoms with Crippen LogP contribution in [0.25, 0.3) is 11.0 Å². The van der Waals surface area contributed by atoms with Gasteiger partial charge in [-0.25, -0.2) is 17.5 Å². The Hall–Kier alpha value is -3.13. The lowest BCUT2D eigenvalue weighted by Gasteiger charge is -2.21. The lowest BCUT2D eigenvalue weighted by molar-refractivity contribution is -0.115. The summed E-state index contributed by atoms with van der Waals surface area (Å²) < 4.78 is 38.2. The zero-order valence-corrected chi connectivity index (χ0v) is 19.7. The second-order valence-electron chi connectivity index (χ2n) is 7.96. The number of nitrogens with zero attached hydrogens (tertiary/aromatic N) is 1. The van der Waals surface area contributed by atoms with Crippen molar-refractivity contribution in [1.29, 1.82) is 0 Å². The number of rotatable bonds is 7. The van der Waals surface area contributed by atoms with E-state index in [1.165, 1.54) is 37.3 Å². The first-order valence-electron chi connectivity index (χ1n) is 10.4. The highest BCUT2D eigenvalue weighted by Crippen LogP contribution is 2.32. The molecule has 0 saturated heterocycles. The van der Waals surface area contributed by atoms with Crippen LogP contribution >= 0.6 is 0 Å². The fourth-order valence-electron chi connectivity index (χ4n) is 3.66. The van der Waals surface area contributed by atoms with Crippen LogP contribution in [0.2, 0.25) is 0 Å². The summed E-state index contributed by atoms with van der Waals surface area (Å²) in [6.45, 7) is 8.86. The number of carbonyl (C=O) groups excluding carboxylic acids is 2. The summed E-state index contributed by atoms with van der Waals surface area (Å²) in [6.07, 6.45) is 0.823. The zero-order chi connectivity index (χ0) is 23.6. The molecule has 3 aromatic rings. The van der Waals surface area contributed by atoms with E-state index in [9.17, 15) is 18.0 Å². The second-order valence-corrected chi connectivity index (χ2v) is 9.75. The van der Waals surface area contributed by atoms with E-state index in [-0.39, 0.29) is 22.8 Å². The fourth-order valence-corrected chi connectivity index (χ4v) is 5.08. The average molecular weight is 458 g/mol. The Kier molecular flexibility index (Phi) is 6.74. The van der Waals surface area contributed by atoms with Gasteiger partial charge in [0.1, 0.15) is 16.9 Å².